The number of rotatable bonds is 12. The molecule has 2 aromatic carbocycles. The molecular formula is C28H36N2O6. The van der Waals surface area contributed by atoms with Gasteiger partial charge >= 0.3 is 0 Å². The van der Waals surface area contributed by atoms with E-state index in [0.717, 1.165) is 19.4 Å². The first-order valence-electron chi connectivity index (χ1n) is 12.3. The van der Waals surface area contributed by atoms with Gasteiger partial charge in [-0.25, -0.2) is 0 Å². The number of likely N-dealkylation sites (tertiary alicyclic amines) is 1. The first-order valence-corrected chi connectivity index (χ1v) is 12.3. The lowest BCUT2D eigenvalue weighted by molar-refractivity contribution is -0.858. The number of quaternary nitrogens is 1. The van der Waals surface area contributed by atoms with E-state index >= 15 is 0 Å². The second kappa shape index (κ2) is 12.4. The summed E-state index contributed by atoms with van der Waals surface area (Å²) >= 11 is 0. The maximum atomic E-state index is 13.6. The molecule has 2 aromatic rings. The van der Waals surface area contributed by atoms with Crippen molar-refractivity contribution in [3.63, 3.8) is 0 Å². The highest BCUT2D eigenvalue weighted by Crippen LogP contribution is 2.41. The molecule has 0 saturated carbocycles. The number of unbranched alkanes of at least 4 members (excludes halogenated alkanes) is 1. The van der Waals surface area contributed by atoms with Crippen molar-refractivity contribution in [1.82, 2.24) is 4.90 Å². The molecule has 1 heterocycles. The SMILES string of the molecule is CCCCOc1ccc(/C([O-])=C2\C(=O)C(=O)N(CCC[NH+](C)C)C2c2ccc(OC)c(OC)c2)cc1. The van der Waals surface area contributed by atoms with E-state index < -0.39 is 23.5 Å². The maximum absolute atomic E-state index is 13.6. The number of nitrogens with zero attached hydrogens (tertiary/aromatic N) is 1. The molecule has 0 radical (unpaired) electrons. The number of hydrogen-bond acceptors (Lipinski definition) is 6. The van der Waals surface area contributed by atoms with Crippen LogP contribution >= 0.6 is 0 Å². The third-order valence-electron chi connectivity index (χ3n) is 6.21. The van der Waals surface area contributed by atoms with Crippen LogP contribution in [0.4, 0.5) is 0 Å². The Morgan fingerprint density at radius 3 is 2.31 bits per heavy atom. The van der Waals surface area contributed by atoms with Crippen LogP contribution in [0.1, 0.15) is 43.4 Å². The van der Waals surface area contributed by atoms with Crippen LogP contribution in [0.2, 0.25) is 0 Å². The number of ether oxygens (including phenoxy) is 3. The molecule has 8 nitrogen and oxygen atoms in total. The van der Waals surface area contributed by atoms with E-state index in [9.17, 15) is 14.7 Å². The Hall–Kier alpha value is -3.52. The average Bonchev–Trinajstić information content (AvgIpc) is 3.13. The van der Waals surface area contributed by atoms with Gasteiger partial charge in [-0.2, -0.15) is 0 Å². The summed E-state index contributed by atoms with van der Waals surface area (Å²) in [5, 5.41) is 13.6. The number of Topliss-reactive ketones (excluding diaryl/α,β-unsaturated/α-hetero) is 1. The van der Waals surface area contributed by atoms with Crippen LogP contribution in [0.25, 0.3) is 5.76 Å². The minimum atomic E-state index is -0.810. The fraction of sp³-hybridized carbons (Fsp3) is 0.429. The third-order valence-corrected chi connectivity index (χ3v) is 6.21. The highest BCUT2D eigenvalue weighted by Gasteiger charge is 2.44. The van der Waals surface area contributed by atoms with Crippen LogP contribution in [0.15, 0.2) is 48.0 Å². The number of carbonyl (C=O) groups is 2. The van der Waals surface area contributed by atoms with E-state index in [1.54, 1.807) is 42.5 Å². The molecule has 1 amide bonds. The Balaban J connectivity index is 2.04. The molecular weight excluding hydrogens is 460 g/mol. The van der Waals surface area contributed by atoms with Crippen LogP contribution in [0.5, 0.6) is 17.2 Å². The lowest BCUT2D eigenvalue weighted by atomic mass is 9.95. The van der Waals surface area contributed by atoms with Crippen LogP contribution in [-0.2, 0) is 9.59 Å². The fourth-order valence-corrected chi connectivity index (χ4v) is 4.27. The van der Waals surface area contributed by atoms with Crippen molar-refractivity contribution in [2.24, 2.45) is 0 Å². The van der Waals surface area contributed by atoms with Gasteiger partial charge in [0.25, 0.3) is 5.91 Å². The number of carbonyl (C=O) groups excluding carboxylic acids is 2. The normalized spacial score (nSPS) is 17.1. The minimum Gasteiger partial charge on any atom is -0.872 e. The summed E-state index contributed by atoms with van der Waals surface area (Å²) in [6, 6.07) is 11.1. The monoisotopic (exact) mass is 496 g/mol. The Morgan fingerprint density at radius 2 is 1.69 bits per heavy atom. The lowest BCUT2D eigenvalue weighted by Crippen LogP contribution is -3.05. The van der Waals surface area contributed by atoms with E-state index in [2.05, 4.69) is 6.92 Å². The second-order valence-corrected chi connectivity index (χ2v) is 9.12. The van der Waals surface area contributed by atoms with E-state index in [-0.39, 0.29) is 5.57 Å². The van der Waals surface area contributed by atoms with Crippen molar-refractivity contribution in [3.05, 3.63) is 59.2 Å². The van der Waals surface area contributed by atoms with E-state index in [0.29, 0.717) is 47.9 Å². The van der Waals surface area contributed by atoms with E-state index in [4.69, 9.17) is 14.2 Å². The lowest BCUT2D eigenvalue weighted by Gasteiger charge is -2.28. The second-order valence-electron chi connectivity index (χ2n) is 9.12. The van der Waals surface area contributed by atoms with Gasteiger partial charge in [0.2, 0.25) is 5.78 Å². The molecule has 1 N–H and O–H groups in total. The first-order chi connectivity index (χ1) is 17.3. The fourth-order valence-electron chi connectivity index (χ4n) is 4.27. The molecule has 36 heavy (non-hydrogen) atoms. The van der Waals surface area contributed by atoms with Gasteiger partial charge in [-0.05, 0) is 41.8 Å². The number of ketones is 1. The van der Waals surface area contributed by atoms with Gasteiger partial charge in [0.1, 0.15) is 5.75 Å². The molecule has 194 valence electrons. The van der Waals surface area contributed by atoms with Gasteiger partial charge in [-0.3, -0.25) is 9.59 Å². The smallest absolute Gasteiger partial charge is 0.295 e. The van der Waals surface area contributed by atoms with Crippen LogP contribution in [-0.4, -0.2) is 64.6 Å². The highest BCUT2D eigenvalue weighted by atomic mass is 16.5. The van der Waals surface area contributed by atoms with E-state index in [1.807, 2.05) is 14.1 Å². The largest absolute Gasteiger partial charge is 0.872 e. The number of hydrogen-bond donors (Lipinski definition) is 1. The van der Waals surface area contributed by atoms with Crippen LogP contribution in [0, 0.1) is 0 Å². The zero-order valence-electron chi connectivity index (χ0n) is 21.8. The van der Waals surface area contributed by atoms with Crippen molar-refractivity contribution < 1.29 is 33.8 Å². The molecule has 1 atom stereocenters. The van der Waals surface area contributed by atoms with Crippen molar-refractivity contribution in [1.29, 1.82) is 0 Å². The zero-order chi connectivity index (χ0) is 26.2. The quantitative estimate of drug-likeness (QED) is 0.208. The molecule has 0 aromatic heterocycles. The Kier molecular flexibility index (Phi) is 9.36. The summed E-state index contributed by atoms with van der Waals surface area (Å²) in [4.78, 5) is 29.0. The molecule has 1 fully saturated rings. The molecule has 8 heteroatoms. The summed E-state index contributed by atoms with van der Waals surface area (Å²) < 4.78 is 16.5. The molecule has 1 unspecified atom stereocenters. The van der Waals surface area contributed by atoms with Gasteiger partial charge in [0, 0.05) is 18.5 Å². The standard InChI is InChI=1S/C28H36N2O6/c1-6-7-17-36-21-12-9-19(10-13-21)26(31)24-25(20-11-14-22(34-4)23(18-20)35-5)30(28(33)27(24)32)16-8-15-29(2)3/h9-14,18,25,31H,6-8,15-17H2,1-5H3/b26-24+. The number of nitrogens with one attached hydrogen (secondary N) is 1. The predicted octanol–water partition coefficient (Wildman–Crippen LogP) is 1.64. The van der Waals surface area contributed by atoms with Gasteiger partial charge < -0.3 is 29.1 Å². The molecule has 1 saturated heterocycles. The number of methoxy groups -OCH3 is 2. The molecule has 0 spiro atoms. The molecule has 0 aliphatic carbocycles. The van der Waals surface area contributed by atoms with Crippen LogP contribution < -0.4 is 24.2 Å². The average molecular weight is 497 g/mol. The van der Waals surface area contributed by atoms with Crippen molar-refractivity contribution in [3.8, 4) is 17.2 Å². The molecule has 0 bridgehead atoms. The zero-order valence-corrected chi connectivity index (χ0v) is 21.8. The minimum absolute atomic E-state index is 0.0518. The predicted molar refractivity (Wildman–Crippen MR) is 135 cm³/mol. The molecule has 3 rings (SSSR count). The summed E-state index contributed by atoms with van der Waals surface area (Å²) in [7, 11) is 7.11. The molecule has 1 aliphatic rings. The van der Waals surface area contributed by atoms with E-state index in [1.165, 1.54) is 24.0 Å². The summed E-state index contributed by atoms with van der Waals surface area (Å²) in [6.07, 6.45) is 2.65. The summed E-state index contributed by atoms with van der Waals surface area (Å²) in [5.74, 6) is -0.255. The summed E-state index contributed by atoms with van der Waals surface area (Å²) in [5.41, 5.74) is 0.898. The molecule has 1 aliphatic heterocycles. The highest BCUT2D eigenvalue weighted by molar-refractivity contribution is 6.46. The van der Waals surface area contributed by atoms with Crippen molar-refractivity contribution >= 4 is 17.4 Å². The topological polar surface area (TPSA) is 92.6 Å². The van der Waals surface area contributed by atoms with Crippen LogP contribution in [0.3, 0.4) is 0 Å². The summed E-state index contributed by atoms with van der Waals surface area (Å²) in [6.45, 7) is 3.86. The Labute approximate surface area is 213 Å². The number of benzene rings is 2. The Morgan fingerprint density at radius 1 is 1.00 bits per heavy atom. The van der Waals surface area contributed by atoms with Gasteiger partial charge in [0.15, 0.2) is 11.5 Å². The van der Waals surface area contributed by atoms with Gasteiger partial charge in [0.05, 0.1) is 47.5 Å². The third kappa shape index (κ3) is 5.99. The Bertz CT molecular complexity index is 1090. The van der Waals surface area contributed by atoms with Crippen molar-refractivity contribution in [2.45, 2.75) is 32.2 Å². The van der Waals surface area contributed by atoms with Gasteiger partial charge in [-0.1, -0.05) is 37.3 Å². The number of amides is 1. The first kappa shape index (κ1) is 27.1. The van der Waals surface area contributed by atoms with Crippen molar-refractivity contribution in [2.75, 3.05) is 48.0 Å². The maximum Gasteiger partial charge on any atom is 0.295 e. The van der Waals surface area contributed by atoms with Gasteiger partial charge in [-0.15, -0.1) is 0 Å².